The lowest BCUT2D eigenvalue weighted by Crippen LogP contribution is -2.35. The molecule has 5 rings (SSSR count). The molecule has 7 nitrogen and oxygen atoms in total. The van der Waals surface area contributed by atoms with Crippen LogP contribution in [-0.4, -0.2) is 39.7 Å². The van der Waals surface area contributed by atoms with E-state index >= 15 is 0 Å². The van der Waals surface area contributed by atoms with Crippen LogP contribution >= 0.6 is 0 Å². The first-order chi connectivity index (χ1) is 14.9. The molecule has 4 aromatic rings. The molecule has 2 aromatic carbocycles. The quantitative estimate of drug-likeness (QED) is 0.472. The fraction of sp³-hybridized carbons (Fsp3) is 0.190. The standard InChI is InChI=1S/C21H16F2N4O3S/c22-15-6-7-18(17(23)8-15)27-20-16(9-24-27)21(30-10-13-4-2-1-3-5-13)26-19(25-20)14-11-31(28,29)12-14/h1-9,14H,10-12H2. The largest absolute Gasteiger partial charge is 0.472 e. The number of hydrogen-bond donors (Lipinski definition) is 0. The number of ether oxygens (including phenoxy) is 1. The average molecular weight is 442 g/mol. The second-order valence-corrected chi connectivity index (χ2v) is 9.48. The van der Waals surface area contributed by atoms with Crippen LogP contribution in [0, 0.1) is 11.6 Å². The molecule has 0 unspecified atom stereocenters. The van der Waals surface area contributed by atoms with Crippen molar-refractivity contribution >= 4 is 20.9 Å². The van der Waals surface area contributed by atoms with Crippen LogP contribution in [0.1, 0.15) is 17.3 Å². The Labute approximate surface area is 176 Å². The van der Waals surface area contributed by atoms with Crippen LogP contribution in [0.25, 0.3) is 16.7 Å². The van der Waals surface area contributed by atoms with Gasteiger partial charge in [-0.05, 0) is 17.7 Å². The van der Waals surface area contributed by atoms with Crippen molar-refractivity contribution in [2.45, 2.75) is 12.5 Å². The normalized spacial score (nSPS) is 15.7. The summed E-state index contributed by atoms with van der Waals surface area (Å²) in [6.07, 6.45) is 1.44. The number of rotatable bonds is 5. The molecule has 1 aliphatic rings. The minimum atomic E-state index is -3.11. The maximum absolute atomic E-state index is 14.4. The van der Waals surface area contributed by atoms with Crippen LogP contribution < -0.4 is 4.74 Å². The van der Waals surface area contributed by atoms with Crippen LogP contribution in [-0.2, 0) is 16.4 Å². The molecule has 1 saturated heterocycles. The molecule has 0 aliphatic carbocycles. The molecule has 0 bridgehead atoms. The monoisotopic (exact) mass is 442 g/mol. The van der Waals surface area contributed by atoms with Crippen LogP contribution in [0.4, 0.5) is 8.78 Å². The maximum Gasteiger partial charge on any atom is 0.228 e. The highest BCUT2D eigenvalue weighted by molar-refractivity contribution is 7.92. The van der Waals surface area contributed by atoms with Crippen molar-refractivity contribution in [1.29, 1.82) is 0 Å². The minimum absolute atomic E-state index is 0.0105. The Bertz CT molecular complexity index is 1380. The van der Waals surface area contributed by atoms with E-state index in [0.717, 1.165) is 17.7 Å². The Balaban J connectivity index is 1.60. The van der Waals surface area contributed by atoms with Gasteiger partial charge < -0.3 is 4.74 Å². The van der Waals surface area contributed by atoms with Gasteiger partial charge in [0.15, 0.2) is 21.3 Å². The van der Waals surface area contributed by atoms with E-state index in [9.17, 15) is 17.2 Å². The second-order valence-electron chi connectivity index (χ2n) is 7.32. The lowest BCUT2D eigenvalue weighted by molar-refractivity contribution is 0.296. The van der Waals surface area contributed by atoms with Crippen molar-refractivity contribution in [3.05, 3.63) is 77.8 Å². The van der Waals surface area contributed by atoms with Crippen molar-refractivity contribution in [3.8, 4) is 11.6 Å². The predicted molar refractivity (Wildman–Crippen MR) is 109 cm³/mol. The molecule has 0 saturated carbocycles. The highest BCUT2D eigenvalue weighted by atomic mass is 32.2. The van der Waals surface area contributed by atoms with Gasteiger partial charge in [0.2, 0.25) is 5.88 Å². The van der Waals surface area contributed by atoms with Gasteiger partial charge in [0, 0.05) is 12.0 Å². The van der Waals surface area contributed by atoms with E-state index in [1.165, 1.54) is 16.9 Å². The van der Waals surface area contributed by atoms with Crippen molar-refractivity contribution in [2.75, 3.05) is 11.5 Å². The number of benzene rings is 2. The highest BCUT2D eigenvalue weighted by Gasteiger charge is 2.37. The summed E-state index contributed by atoms with van der Waals surface area (Å²) in [6, 6.07) is 12.6. The smallest absolute Gasteiger partial charge is 0.228 e. The zero-order valence-electron chi connectivity index (χ0n) is 16.1. The number of nitrogens with zero attached hydrogens (tertiary/aromatic N) is 4. The molecule has 3 heterocycles. The van der Waals surface area contributed by atoms with Crippen molar-refractivity contribution in [1.82, 2.24) is 19.7 Å². The number of hydrogen-bond acceptors (Lipinski definition) is 6. The number of halogens is 2. The molecule has 158 valence electrons. The number of sulfone groups is 1. The molecule has 0 radical (unpaired) electrons. The molecule has 1 fully saturated rings. The molecule has 0 atom stereocenters. The fourth-order valence-electron chi connectivity index (χ4n) is 3.46. The molecular weight excluding hydrogens is 426 g/mol. The van der Waals surface area contributed by atoms with Gasteiger partial charge in [-0.15, -0.1) is 0 Å². The average Bonchev–Trinajstić information content (AvgIpc) is 3.15. The first kappa shape index (κ1) is 19.6. The third-order valence-corrected chi connectivity index (χ3v) is 6.86. The summed E-state index contributed by atoms with van der Waals surface area (Å²) < 4.78 is 58.2. The molecule has 0 spiro atoms. The van der Waals surface area contributed by atoms with Crippen LogP contribution in [0.3, 0.4) is 0 Å². The summed E-state index contributed by atoms with van der Waals surface area (Å²) in [7, 11) is -3.11. The highest BCUT2D eigenvalue weighted by Crippen LogP contribution is 2.32. The summed E-state index contributed by atoms with van der Waals surface area (Å²) in [4.78, 5) is 8.91. The molecule has 1 aliphatic heterocycles. The SMILES string of the molecule is O=S1(=O)CC(c2nc(OCc3ccccc3)c3cnn(-c4ccc(F)cc4F)c3n2)C1. The minimum Gasteiger partial charge on any atom is -0.472 e. The lowest BCUT2D eigenvalue weighted by atomic mass is 10.2. The third kappa shape index (κ3) is 3.74. The first-order valence-corrected chi connectivity index (χ1v) is 11.3. The third-order valence-electron chi connectivity index (χ3n) is 5.04. The summed E-state index contributed by atoms with van der Waals surface area (Å²) in [6.45, 7) is 0.228. The molecule has 2 aromatic heterocycles. The molecule has 0 amide bonds. The van der Waals surface area contributed by atoms with E-state index in [1.807, 2.05) is 30.3 Å². The maximum atomic E-state index is 14.4. The van der Waals surface area contributed by atoms with Gasteiger partial charge in [-0.2, -0.15) is 10.1 Å². The zero-order chi connectivity index (χ0) is 21.6. The second kappa shape index (κ2) is 7.38. The van der Waals surface area contributed by atoms with E-state index in [4.69, 9.17) is 4.74 Å². The van der Waals surface area contributed by atoms with E-state index in [0.29, 0.717) is 5.39 Å². The topological polar surface area (TPSA) is 87.0 Å². The van der Waals surface area contributed by atoms with Gasteiger partial charge in [-0.3, -0.25) is 0 Å². The summed E-state index contributed by atoms with van der Waals surface area (Å²) >= 11 is 0. The van der Waals surface area contributed by atoms with E-state index in [2.05, 4.69) is 15.1 Å². The van der Waals surface area contributed by atoms with Crippen molar-refractivity contribution in [3.63, 3.8) is 0 Å². The van der Waals surface area contributed by atoms with Crippen LogP contribution in [0.5, 0.6) is 5.88 Å². The van der Waals surface area contributed by atoms with Crippen LogP contribution in [0.2, 0.25) is 0 Å². The Morgan fingerprint density at radius 1 is 1.06 bits per heavy atom. The van der Waals surface area contributed by atoms with Gasteiger partial charge in [0.25, 0.3) is 0 Å². The van der Waals surface area contributed by atoms with Gasteiger partial charge >= 0.3 is 0 Å². The summed E-state index contributed by atoms with van der Waals surface area (Å²) in [5.74, 6) is -1.50. The van der Waals surface area contributed by atoms with E-state index in [1.54, 1.807) is 0 Å². The van der Waals surface area contributed by atoms with Gasteiger partial charge in [0.05, 0.1) is 17.7 Å². The lowest BCUT2D eigenvalue weighted by Gasteiger charge is -2.24. The Morgan fingerprint density at radius 2 is 1.84 bits per heavy atom. The van der Waals surface area contributed by atoms with Gasteiger partial charge in [-0.1, -0.05) is 30.3 Å². The molecule has 10 heteroatoms. The molecule has 0 N–H and O–H groups in total. The van der Waals surface area contributed by atoms with Crippen LogP contribution in [0.15, 0.2) is 54.7 Å². The Hall–Kier alpha value is -3.40. The zero-order valence-corrected chi connectivity index (χ0v) is 16.9. The van der Waals surface area contributed by atoms with Gasteiger partial charge in [0.1, 0.15) is 29.3 Å². The summed E-state index contributed by atoms with van der Waals surface area (Å²) in [5.41, 5.74) is 1.18. The van der Waals surface area contributed by atoms with Crippen molar-refractivity contribution in [2.24, 2.45) is 0 Å². The number of fused-ring (bicyclic) bond motifs is 1. The predicted octanol–water partition coefficient (Wildman–Crippen LogP) is 3.18. The van der Waals surface area contributed by atoms with Crippen molar-refractivity contribution < 1.29 is 21.9 Å². The number of aromatic nitrogens is 4. The van der Waals surface area contributed by atoms with E-state index in [-0.39, 0.29) is 47.1 Å². The summed E-state index contributed by atoms with van der Waals surface area (Å²) in [5, 5.41) is 4.63. The van der Waals surface area contributed by atoms with E-state index < -0.39 is 21.5 Å². The fourth-order valence-corrected chi connectivity index (χ4v) is 4.89. The molecular formula is C21H16F2N4O3S. The first-order valence-electron chi connectivity index (χ1n) is 9.48. The molecule has 31 heavy (non-hydrogen) atoms. The Kier molecular flexibility index (Phi) is 4.66. The Morgan fingerprint density at radius 3 is 2.55 bits per heavy atom. The van der Waals surface area contributed by atoms with Gasteiger partial charge in [-0.25, -0.2) is 26.9 Å².